The third-order valence-electron chi connectivity index (χ3n) is 26.8. The number of unbranched alkanes of at least 4 members (excludes halogenated alkanes) is 5. The van der Waals surface area contributed by atoms with Crippen molar-refractivity contribution >= 4 is 75.1 Å². The Morgan fingerprint density at radius 3 is 0.579 bits per heavy atom. The lowest BCUT2D eigenvalue weighted by Gasteiger charge is -2.31. The van der Waals surface area contributed by atoms with Gasteiger partial charge in [-0.15, -0.1) is 0 Å². The maximum atomic E-state index is 10.6. The molecule has 0 heterocycles. The minimum absolute atomic E-state index is 0.429. The second kappa shape index (κ2) is 52.4. The second-order valence-electron chi connectivity index (χ2n) is 46.1. The Morgan fingerprint density at radius 2 is 0.372 bits per heavy atom. The standard InChI is InChI=1S/C24H34O2.C23H32O2.C18H20Br2O2.C18H30O3.C16H26O3.C12H16Br2O2.C12H20N2O2/c1-23(2,25)21-17-11-9-15-19(21)13-7-5-6-8-14-20-16-10-12-18-22(20)24(3,4)26;1-22(2,24)20-16-10-8-14-18(20)12-6-5-7-13-19-15-9-11-17-21(19)23(3,4)25;1-17(2,21)11-7-5-9-13(19)15(11)16-12(18(3,4)22)8-6-10-14(16)20;1-7-16(4,19)13-10-14(17(5,20)8-2)12-15(11-13)18(6,21)9-3;1-7-16(6,19)13-9-11(14(2,3)17)8-12(10-13)15(4,5)18;2*1-11(2,15)7-5-8(12(3,4)16)10(14)6-9(7)13/h9-12,15-18,25-26H,5-8,13-14H2,1-4H3;8-11,14-17,24-25H,5-7,12-13H2,1-4H3;5-10,21-22H,1-4H3;10-12,19-21H,7-9H2,1-6H3;8-10,17-19H,7H2,1-6H3;5-6,15-16H,1-4H3;5-6,15-16H,13-14H2,1-4H3. The van der Waals surface area contributed by atoms with Crippen molar-refractivity contribution in [2.24, 2.45) is 0 Å². The van der Waals surface area contributed by atoms with Gasteiger partial charge in [-0.3, -0.25) is 0 Å². The number of rotatable bonds is 34. The summed E-state index contributed by atoms with van der Waals surface area (Å²) in [5.41, 5.74) is 16.9. The minimum Gasteiger partial charge on any atom is -0.398 e. The highest BCUT2D eigenvalue weighted by Gasteiger charge is 2.36. The first kappa shape index (κ1) is 130. The van der Waals surface area contributed by atoms with Crippen LogP contribution >= 0.6 is 63.7 Å². The molecule has 0 bridgehead atoms. The third kappa shape index (κ3) is 40.0. The van der Waals surface area contributed by atoms with E-state index in [-0.39, 0.29) is 0 Å². The van der Waals surface area contributed by atoms with Crippen LogP contribution in [0.5, 0.6) is 0 Å². The Hall–Kier alpha value is -6.92. The van der Waals surface area contributed by atoms with E-state index in [2.05, 4.69) is 100 Å². The quantitative estimate of drug-likeness (QED) is 0.0132. The Morgan fingerprint density at radius 1 is 0.186 bits per heavy atom. The lowest BCUT2D eigenvalue weighted by Crippen LogP contribution is -2.27. The number of hydrogen-bond acceptors (Lipinski definition) is 18. The van der Waals surface area contributed by atoms with Gasteiger partial charge in [-0.25, -0.2) is 0 Å². The van der Waals surface area contributed by atoms with Crippen molar-refractivity contribution in [2.45, 2.75) is 407 Å². The molecule has 10 aromatic rings. The van der Waals surface area contributed by atoms with Crippen LogP contribution in [0.25, 0.3) is 11.1 Å². The third-order valence-corrected chi connectivity index (χ3v) is 29.4. The van der Waals surface area contributed by atoms with E-state index < -0.39 is 89.6 Å². The number of aryl methyl sites for hydroxylation is 4. The number of aliphatic hydroxyl groups is 16. The molecule has 22 heteroatoms. The molecule has 10 rings (SSSR count). The molecule has 0 fully saturated rings. The van der Waals surface area contributed by atoms with E-state index in [0.717, 1.165) is 148 Å². The van der Waals surface area contributed by atoms with Crippen molar-refractivity contribution in [2.75, 3.05) is 11.5 Å². The Labute approximate surface area is 903 Å². The van der Waals surface area contributed by atoms with Crippen LogP contribution in [0.15, 0.2) is 212 Å². The van der Waals surface area contributed by atoms with E-state index >= 15 is 0 Å². The Kier molecular flexibility index (Phi) is 47.1. The van der Waals surface area contributed by atoms with Crippen LogP contribution in [0.4, 0.5) is 11.4 Å². The lowest BCUT2D eigenvalue weighted by molar-refractivity contribution is 0.0394. The monoisotopic (exact) mass is 2250 g/mol. The molecule has 0 saturated carbocycles. The molecule has 10 aromatic carbocycles. The van der Waals surface area contributed by atoms with E-state index in [4.69, 9.17) is 11.5 Å². The van der Waals surface area contributed by atoms with Gasteiger partial charge in [0.1, 0.15) is 0 Å². The molecule has 4 unspecified atom stereocenters. The molecule has 18 nitrogen and oxygen atoms in total. The number of nitrogens with two attached hydrogens (primary N) is 2. The normalized spacial score (nSPS) is 14.2. The summed E-state index contributed by atoms with van der Waals surface area (Å²) in [6, 6.07) is 62.1. The number of hydrogen-bond donors (Lipinski definition) is 18. The highest BCUT2D eigenvalue weighted by atomic mass is 79.9. The summed E-state index contributed by atoms with van der Waals surface area (Å²) in [5.74, 6) is 0. The largest absolute Gasteiger partial charge is 0.398 e. The molecule has 0 aromatic heterocycles. The van der Waals surface area contributed by atoms with Gasteiger partial charge >= 0.3 is 0 Å². The summed E-state index contributed by atoms with van der Waals surface area (Å²) in [6.07, 6.45) is 14.3. The zero-order valence-corrected chi connectivity index (χ0v) is 99.2. The van der Waals surface area contributed by atoms with Gasteiger partial charge in [0.2, 0.25) is 0 Å². The topological polar surface area (TPSA) is 376 Å². The smallest absolute Gasteiger partial charge is 0.0866 e. The molecule has 0 amide bonds. The van der Waals surface area contributed by atoms with Crippen LogP contribution in [-0.4, -0.2) is 81.7 Å². The van der Waals surface area contributed by atoms with Gasteiger partial charge in [-0.2, -0.15) is 0 Å². The molecule has 0 aliphatic carbocycles. The first-order valence-corrected chi connectivity index (χ1v) is 54.1. The first-order valence-electron chi connectivity index (χ1n) is 50.9. The number of anilines is 2. The lowest BCUT2D eigenvalue weighted by atomic mass is 9.81. The fourth-order valence-electron chi connectivity index (χ4n) is 16.9. The highest BCUT2D eigenvalue weighted by Crippen LogP contribution is 2.47. The number of nitrogen functional groups attached to an aromatic ring is 2. The van der Waals surface area contributed by atoms with Gasteiger partial charge in [0.15, 0.2) is 0 Å². The van der Waals surface area contributed by atoms with Crippen molar-refractivity contribution in [3.05, 3.63) is 323 Å². The van der Waals surface area contributed by atoms with E-state index in [1.54, 1.807) is 169 Å². The Balaban J connectivity index is 0.000000355. The first-order chi connectivity index (χ1) is 65.9. The number of halogens is 4. The summed E-state index contributed by atoms with van der Waals surface area (Å²) >= 11 is 14.0. The van der Waals surface area contributed by atoms with Crippen LogP contribution in [0.3, 0.4) is 0 Å². The predicted molar refractivity (Wildman–Crippen MR) is 613 cm³/mol. The molecule has 4 atom stereocenters. The van der Waals surface area contributed by atoms with Crippen molar-refractivity contribution < 1.29 is 81.7 Å². The summed E-state index contributed by atoms with van der Waals surface area (Å²) in [5, 5.41) is 165. The summed E-state index contributed by atoms with van der Waals surface area (Å²) in [6.45, 7) is 56.8. The zero-order chi connectivity index (χ0) is 111. The average Bonchev–Trinajstić information content (AvgIpc) is 0.763. The molecule has 0 aliphatic rings. The van der Waals surface area contributed by atoms with Crippen molar-refractivity contribution in [1.29, 1.82) is 0 Å². The molecule has 0 saturated heterocycles. The molecule has 20 N–H and O–H groups in total. The van der Waals surface area contributed by atoms with E-state index in [1.807, 2.05) is 210 Å². The average molecular weight is 2260 g/mol. The fourth-order valence-corrected chi connectivity index (χ4v) is 20.0. The maximum Gasteiger partial charge on any atom is 0.0866 e. The predicted octanol–water partition coefficient (Wildman–Crippen LogP) is 27.2. The zero-order valence-electron chi connectivity index (χ0n) is 92.9. The van der Waals surface area contributed by atoms with Crippen molar-refractivity contribution in [3.8, 4) is 11.1 Å². The molecular formula is C123H178Br4N2O16. The fraction of sp³-hybridized carbons (Fsp3) is 0.512. The van der Waals surface area contributed by atoms with Gasteiger partial charge < -0.3 is 93.2 Å². The molecular weight excluding hydrogens is 2080 g/mol. The summed E-state index contributed by atoms with van der Waals surface area (Å²) in [7, 11) is 0. The van der Waals surface area contributed by atoms with Crippen LogP contribution in [0.1, 0.15) is 403 Å². The molecule has 145 heavy (non-hydrogen) atoms. The Bertz CT molecular complexity index is 5320. The molecule has 0 radical (unpaired) electrons. The van der Waals surface area contributed by atoms with Gasteiger partial charge in [0, 0.05) is 51.5 Å². The number of benzene rings is 10. The minimum atomic E-state index is -1.06. The molecule has 804 valence electrons. The van der Waals surface area contributed by atoms with E-state index in [9.17, 15) is 81.7 Å². The van der Waals surface area contributed by atoms with Gasteiger partial charge in [0.05, 0.1) is 89.6 Å². The molecule has 0 spiro atoms. The summed E-state index contributed by atoms with van der Waals surface area (Å²) < 4.78 is 3.40. The highest BCUT2D eigenvalue weighted by molar-refractivity contribution is 9.11. The van der Waals surface area contributed by atoms with Crippen molar-refractivity contribution in [3.63, 3.8) is 0 Å². The van der Waals surface area contributed by atoms with E-state index in [1.165, 1.54) is 35.1 Å². The van der Waals surface area contributed by atoms with E-state index in [0.29, 0.717) is 64.9 Å². The summed E-state index contributed by atoms with van der Waals surface area (Å²) in [4.78, 5) is 0. The van der Waals surface area contributed by atoms with Crippen LogP contribution in [0.2, 0.25) is 0 Å². The van der Waals surface area contributed by atoms with Gasteiger partial charge in [-0.1, -0.05) is 268 Å². The SMILES string of the molecule is CC(C)(O)c1cc(C(C)(C)O)c(Br)cc1Br.CC(C)(O)c1cc(C(C)(C)O)c(N)cc1N.CC(C)(O)c1cccc(Br)c1-c1c(Br)cccc1C(C)(C)O.CC(C)(O)c1ccccc1CCCCCCc1ccccc1C(C)(C)O.CC(C)(O)c1ccccc1CCCCCc1ccccc1C(C)(C)O.CCC(C)(O)c1cc(C(C)(C)O)cc(C(C)(C)O)c1.CCC(C)(O)c1cc(C(C)(O)CC)cc(C(C)(O)CC)c1. The van der Waals surface area contributed by atoms with Crippen LogP contribution < -0.4 is 11.5 Å². The van der Waals surface area contributed by atoms with Gasteiger partial charge in [-0.05, 0) is 407 Å². The molecule has 0 aliphatic heterocycles. The second-order valence-corrected chi connectivity index (χ2v) is 49.5. The maximum absolute atomic E-state index is 10.6. The van der Waals surface area contributed by atoms with Crippen LogP contribution in [0, 0.1) is 0 Å². The van der Waals surface area contributed by atoms with Gasteiger partial charge in [0.25, 0.3) is 0 Å². The van der Waals surface area contributed by atoms with Crippen LogP contribution in [-0.2, 0) is 115 Å². The van der Waals surface area contributed by atoms with Crippen molar-refractivity contribution in [1.82, 2.24) is 0 Å².